The van der Waals surface area contributed by atoms with Gasteiger partial charge in [0, 0.05) is 5.41 Å². The summed E-state index contributed by atoms with van der Waals surface area (Å²) in [5.74, 6) is 0. The van der Waals surface area contributed by atoms with E-state index in [1.807, 2.05) is 6.08 Å². The van der Waals surface area contributed by atoms with Gasteiger partial charge in [-0.05, 0) is 6.92 Å². The molecule has 0 aromatic carbocycles. The maximum absolute atomic E-state index is 3.84. The molecular weight excluding hydrogens is 200 g/mol. The van der Waals surface area contributed by atoms with Gasteiger partial charge < -0.3 is 0 Å². The molecular formula is C10H13Br. The van der Waals surface area contributed by atoms with Gasteiger partial charge in [0.05, 0.1) is 4.32 Å². The lowest BCUT2D eigenvalue weighted by Crippen LogP contribution is -2.34. The van der Waals surface area contributed by atoms with Crippen molar-refractivity contribution in [3.8, 4) is 0 Å². The first kappa shape index (κ1) is 8.79. The van der Waals surface area contributed by atoms with Crippen molar-refractivity contribution >= 4 is 15.9 Å². The first-order valence-corrected chi connectivity index (χ1v) is 4.51. The summed E-state index contributed by atoms with van der Waals surface area (Å²) >= 11 is 3.67. The molecule has 0 N–H and O–H groups in total. The average Bonchev–Trinajstić information content (AvgIpc) is 1.95. The highest BCUT2D eigenvalue weighted by Crippen LogP contribution is 2.43. The molecule has 1 aliphatic carbocycles. The highest BCUT2D eigenvalue weighted by atomic mass is 79.9. The largest absolute Gasteiger partial charge is 0.102 e. The van der Waals surface area contributed by atoms with Gasteiger partial charge in [-0.1, -0.05) is 53.2 Å². The van der Waals surface area contributed by atoms with Gasteiger partial charge in [0.1, 0.15) is 0 Å². The van der Waals surface area contributed by atoms with E-state index in [2.05, 4.69) is 60.7 Å². The third-order valence-corrected chi connectivity index (χ3v) is 3.56. The van der Waals surface area contributed by atoms with Crippen molar-refractivity contribution < 1.29 is 0 Å². The Morgan fingerprint density at radius 3 is 2.18 bits per heavy atom. The quantitative estimate of drug-likeness (QED) is 0.462. The molecule has 60 valence electrons. The molecule has 2 unspecified atom stereocenters. The van der Waals surface area contributed by atoms with Gasteiger partial charge in [0.2, 0.25) is 0 Å². The van der Waals surface area contributed by atoms with Crippen LogP contribution in [0, 0.1) is 5.41 Å². The molecule has 0 aromatic heterocycles. The molecule has 2 atom stereocenters. The monoisotopic (exact) mass is 212 g/mol. The number of halogens is 1. The van der Waals surface area contributed by atoms with Crippen molar-refractivity contribution in [3.05, 3.63) is 37.0 Å². The second-order valence-corrected chi connectivity index (χ2v) is 4.93. The Hall–Kier alpha value is -0.300. The van der Waals surface area contributed by atoms with E-state index in [1.54, 1.807) is 0 Å². The third-order valence-electron chi connectivity index (χ3n) is 2.44. The number of rotatable bonds is 1. The van der Waals surface area contributed by atoms with Gasteiger partial charge >= 0.3 is 0 Å². The van der Waals surface area contributed by atoms with E-state index in [0.717, 1.165) is 0 Å². The molecule has 0 heterocycles. The van der Waals surface area contributed by atoms with Crippen LogP contribution in [0.5, 0.6) is 0 Å². The molecule has 0 saturated heterocycles. The molecule has 0 nitrogen and oxygen atoms in total. The summed E-state index contributed by atoms with van der Waals surface area (Å²) in [5, 5.41) is 0. The smallest absolute Gasteiger partial charge is 0.0534 e. The zero-order chi connectivity index (χ0) is 8.54. The normalized spacial score (nSPS) is 42.5. The standard InChI is InChI=1S/C10H13Br/c1-4-9(2)7-5-6-8-10(9,3)11/h4-8H,1H2,2-3H3. The second-order valence-electron chi connectivity index (χ2n) is 3.28. The van der Waals surface area contributed by atoms with Gasteiger partial charge in [0.25, 0.3) is 0 Å². The number of allylic oxidation sites excluding steroid dienone is 5. The highest BCUT2D eigenvalue weighted by molar-refractivity contribution is 9.10. The van der Waals surface area contributed by atoms with Crippen molar-refractivity contribution in [3.63, 3.8) is 0 Å². The van der Waals surface area contributed by atoms with E-state index in [1.165, 1.54) is 0 Å². The molecule has 0 spiro atoms. The van der Waals surface area contributed by atoms with E-state index in [0.29, 0.717) is 0 Å². The SMILES string of the molecule is C=CC1(C)C=CC=CC1(C)Br. The molecule has 0 bridgehead atoms. The Bertz CT molecular complexity index is 223. The molecule has 0 aromatic rings. The van der Waals surface area contributed by atoms with Gasteiger partial charge in [-0.3, -0.25) is 0 Å². The average molecular weight is 213 g/mol. The summed E-state index contributed by atoms with van der Waals surface area (Å²) in [6, 6.07) is 0. The van der Waals surface area contributed by atoms with E-state index >= 15 is 0 Å². The molecule has 1 heteroatoms. The molecule has 1 aliphatic rings. The number of alkyl halides is 1. The molecule has 0 aliphatic heterocycles. The van der Waals surface area contributed by atoms with Gasteiger partial charge in [0.15, 0.2) is 0 Å². The zero-order valence-electron chi connectivity index (χ0n) is 6.97. The Morgan fingerprint density at radius 2 is 1.82 bits per heavy atom. The van der Waals surface area contributed by atoms with Crippen LogP contribution in [0.15, 0.2) is 37.0 Å². The zero-order valence-corrected chi connectivity index (χ0v) is 8.56. The molecule has 0 fully saturated rings. The Morgan fingerprint density at radius 1 is 1.27 bits per heavy atom. The lowest BCUT2D eigenvalue weighted by atomic mass is 9.75. The fraction of sp³-hybridized carbons (Fsp3) is 0.400. The Balaban J connectivity index is 3.06. The lowest BCUT2D eigenvalue weighted by Gasteiger charge is -2.37. The number of hydrogen-bond donors (Lipinski definition) is 0. The van der Waals surface area contributed by atoms with Gasteiger partial charge in [-0.2, -0.15) is 0 Å². The summed E-state index contributed by atoms with van der Waals surface area (Å²) in [6.45, 7) is 8.15. The van der Waals surface area contributed by atoms with Crippen LogP contribution in [0.3, 0.4) is 0 Å². The minimum atomic E-state index is 0.0104. The highest BCUT2D eigenvalue weighted by Gasteiger charge is 2.37. The Labute approximate surface area is 76.8 Å². The van der Waals surface area contributed by atoms with Crippen LogP contribution >= 0.6 is 15.9 Å². The maximum atomic E-state index is 3.84. The van der Waals surface area contributed by atoms with E-state index in [-0.39, 0.29) is 9.74 Å². The second kappa shape index (κ2) is 2.63. The predicted octanol–water partition coefficient (Wildman–Crippen LogP) is 3.46. The molecule has 0 amide bonds. The fourth-order valence-electron chi connectivity index (χ4n) is 1.10. The third kappa shape index (κ3) is 1.34. The van der Waals surface area contributed by atoms with E-state index < -0.39 is 0 Å². The van der Waals surface area contributed by atoms with Crippen LogP contribution in [-0.2, 0) is 0 Å². The van der Waals surface area contributed by atoms with Crippen molar-refractivity contribution in [2.24, 2.45) is 5.41 Å². The van der Waals surface area contributed by atoms with E-state index in [9.17, 15) is 0 Å². The minimum absolute atomic E-state index is 0.0104. The van der Waals surface area contributed by atoms with Crippen molar-refractivity contribution in [1.82, 2.24) is 0 Å². The Kier molecular flexibility index (Phi) is 2.10. The van der Waals surface area contributed by atoms with Crippen molar-refractivity contribution in [2.75, 3.05) is 0 Å². The van der Waals surface area contributed by atoms with Crippen LogP contribution in [0.4, 0.5) is 0 Å². The summed E-state index contributed by atoms with van der Waals surface area (Å²) in [7, 11) is 0. The molecule has 11 heavy (non-hydrogen) atoms. The van der Waals surface area contributed by atoms with Crippen molar-refractivity contribution in [2.45, 2.75) is 18.2 Å². The first-order valence-electron chi connectivity index (χ1n) is 3.71. The fourth-order valence-corrected chi connectivity index (χ4v) is 1.55. The minimum Gasteiger partial charge on any atom is -0.102 e. The van der Waals surface area contributed by atoms with Gasteiger partial charge in [-0.25, -0.2) is 0 Å². The van der Waals surface area contributed by atoms with Crippen LogP contribution in [0.25, 0.3) is 0 Å². The molecule has 0 radical (unpaired) electrons. The van der Waals surface area contributed by atoms with Gasteiger partial charge in [-0.15, -0.1) is 6.58 Å². The first-order chi connectivity index (χ1) is 5.02. The summed E-state index contributed by atoms with van der Waals surface area (Å²) in [4.78, 5) is 0. The lowest BCUT2D eigenvalue weighted by molar-refractivity contribution is 0.469. The number of hydrogen-bond acceptors (Lipinski definition) is 0. The van der Waals surface area contributed by atoms with E-state index in [4.69, 9.17) is 0 Å². The van der Waals surface area contributed by atoms with Crippen LogP contribution in [0.1, 0.15) is 13.8 Å². The van der Waals surface area contributed by atoms with Crippen LogP contribution in [-0.4, -0.2) is 4.32 Å². The topological polar surface area (TPSA) is 0 Å². The predicted molar refractivity (Wildman–Crippen MR) is 53.9 cm³/mol. The molecule has 1 rings (SSSR count). The summed E-state index contributed by atoms with van der Waals surface area (Å²) in [6.07, 6.45) is 10.4. The van der Waals surface area contributed by atoms with Crippen molar-refractivity contribution in [1.29, 1.82) is 0 Å². The maximum Gasteiger partial charge on any atom is 0.0534 e. The summed E-state index contributed by atoms with van der Waals surface area (Å²) < 4.78 is 0.0104. The van der Waals surface area contributed by atoms with Crippen LogP contribution in [0.2, 0.25) is 0 Å². The molecule has 0 saturated carbocycles. The summed E-state index contributed by atoms with van der Waals surface area (Å²) in [5.41, 5.74) is 0.0295. The van der Waals surface area contributed by atoms with Crippen LogP contribution < -0.4 is 0 Å².